The predicted octanol–water partition coefficient (Wildman–Crippen LogP) is 3.77. The number of nitrogens with zero attached hydrogens (tertiary/aromatic N) is 1. The van der Waals surface area contributed by atoms with Gasteiger partial charge in [0, 0.05) is 30.0 Å². The third-order valence-corrected chi connectivity index (χ3v) is 4.19. The van der Waals surface area contributed by atoms with Crippen molar-refractivity contribution < 1.29 is 5.11 Å². The second-order valence-electron chi connectivity index (χ2n) is 4.81. The summed E-state index contributed by atoms with van der Waals surface area (Å²) in [6, 6.07) is 12.1. The Labute approximate surface area is 135 Å². The number of hydrogen-bond donors (Lipinski definition) is 1. The first-order valence-corrected chi connectivity index (χ1v) is 7.99. The Morgan fingerprint density at radius 1 is 1.19 bits per heavy atom. The Hall–Kier alpha value is -1.31. The van der Waals surface area contributed by atoms with Crippen LogP contribution in [-0.4, -0.2) is 23.7 Å². The molecule has 4 heteroatoms. The molecule has 0 spiro atoms. The molecule has 0 bridgehead atoms. The van der Waals surface area contributed by atoms with Crippen LogP contribution in [-0.2, 0) is 13.1 Å². The molecule has 0 fully saturated rings. The lowest BCUT2D eigenvalue weighted by atomic mass is 10.1. The van der Waals surface area contributed by atoms with Gasteiger partial charge in [0.25, 0.3) is 0 Å². The Morgan fingerprint density at radius 2 is 2.00 bits per heavy atom. The van der Waals surface area contributed by atoms with Crippen molar-refractivity contribution in [3.63, 3.8) is 0 Å². The lowest BCUT2D eigenvalue weighted by Crippen LogP contribution is -2.17. The molecule has 0 saturated heterocycles. The summed E-state index contributed by atoms with van der Waals surface area (Å²) in [4.78, 5) is 3.50. The first-order chi connectivity index (χ1) is 10.2. The number of aliphatic hydroxyl groups excluding tert-OH is 1. The van der Waals surface area contributed by atoms with Gasteiger partial charge in [0.15, 0.2) is 0 Å². The van der Waals surface area contributed by atoms with Crippen molar-refractivity contribution in [2.75, 3.05) is 13.7 Å². The highest BCUT2D eigenvalue weighted by Gasteiger charge is 2.06. The first kappa shape index (κ1) is 16.1. The highest BCUT2D eigenvalue weighted by molar-refractivity contribution is 7.16. The van der Waals surface area contributed by atoms with Gasteiger partial charge in [0.1, 0.15) is 0 Å². The van der Waals surface area contributed by atoms with Gasteiger partial charge in [-0.05, 0) is 30.8 Å². The van der Waals surface area contributed by atoms with Crippen LogP contribution in [0.1, 0.15) is 22.4 Å². The minimum Gasteiger partial charge on any atom is -0.395 e. The van der Waals surface area contributed by atoms with Crippen molar-refractivity contribution in [1.82, 2.24) is 4.90 Å². The lowest BCUT2D eigenvalue weighted by Gasteiger charge is -2.16. The first-order valence-electron chi connectivity index (χ1n) is 6.79. The number of thiophene rings is 1. The number of rotatable bonds is 5. The maximum atomic E-state index is 8.80. The van der Waals surface area contributed by atoms with Crippen LogP contribution >= 0.6 is 22.9 Å². The standard InChI is InChI=1S/C17H18ClNOS/c1-19(13-16-9-10-17(18)21-16)12-15-8-3-2-6-14(15)7-4-5-11-20/h2-3,6,8-10,20H,5,11-13H2,1H3. The quantitative estimate of drug-likeness (QED) is 0.848. The lowest BCUT2D eigenvalue weighted by molar-refractivity contribution is 0.305. The highest BCUT2D eigenvalue weighted by atomic mass is 35.5. The molecule has 0 radical (unpaired) electrons. The summed E-state index contributed by atoms with van der Waals surface area (Å²) in [7, 11) is 2.09. The summed E-state index contributed by atoms with van der Waals surface area (Å²) in [6.07, 6.45) is 0.512. The van der Waals surface area contributed by atoms with Crippen LogP contribution in [0, 0.1) is 11.8 Å². The van der Waals surface area contributed by atoms with Crippen molar-refractivity contribution in [3.8, 4) is 11.8 Å². The summed E-state index contributed by atoms with van der Waals surface area (Å²) >= 11 is 7.58. The molecule has 0 unspecified atom stereocenters. The topological polar surface area (TPSA) is 23.5 Å². The van der Waals surface area contributed by atoms with E-state index < -0.39 is 0 Å². The summed E-state index contributed by atoms with van der Waals surface area (Å²) in [5, 5.41) is 8.80. The summed E-state index contributed by atoms with van der Waals surface area (Å²) in [5.41, 5.74) is 2.23. The Bertz CT molecular complexity index is 641. The van der Waals surface area contributed by atoms with Gasteiger partial charge in [0.05, 0.1) is 10.9 Å². The highest BCUT2D eigenvalue weighted by Crippen LogP contribution is 2.23. The molecule has 1 N–H and O–H groups in total. The molecule has 0 amide bonds. The minimum atomic E-state index is 0.105. The second kappa shape index (κ2) is 8.21. The average Bonchev–Trinajstić information content (AvgIpc) is 2.86. The van der Waals surface area contributed by atoms with E-state index in [4.69, 9.17) is 16.7 Å². The van der Waals surface area contributed by atoms with Gasteiger partial charge in [-0.25, -0.2) is 0 Å². The SMILES string of the molecule is CN(Cc1ccc(Cl)s1)Cc1ccccc1C#CCCO. The predicted molar refractivity (Wildman–Crippen MR) is 89.5 cm³/mol. The maximum absolute atomic E-state index is 8.80. The van der Waals surface area contributed by atoms with Crippen LogP contribution in [0.3, 0.4) is 0 Å². The zero-order valence-corrected chi connectivity index (χ0v) is 13.5. The fourth-order valence-electron chi connectivity index (χ4n) is 2.04. The molecular formula is C17H18ClNOS. The van der Waals surface area contributed by atoms with E-state index in [1.165, 1.54) is 10.4 Å². The molecule has 0 aliphatic carbocycles. The fourth-order valence-corrected chi connectivity index (χ4v) is 3.21. The van der Waals surface area contributed by atoms with E-state index in [2.05, 4.69) is 35.9 Å². The van der Waals surface area contributed by atoms with Crippen LogP contribution < -0.4 is 0 Å². The molecule has 2 nitrogen and oxygen atoms in total. The van der Waals surface area contributed by atoms with Crippen LogP contribution in [0.2, 0.25) is 4.34 Å². The fraction of sp³-hybridized carbons (Fsp3) is 0.294. The van der Waals surface area contributed by atoms with Gasteiger partial charge >= 0.3 is 0 Å². The largest absolute Gasteiger partial charge is 0.395 e. The molecule has 0 atom stereocenters. The molecule has 0 aliphatic heterocycles. The number of halogens is 1. The van der Waals surface area contributed by atoms with Crippen LogP contribution in [0.5, 0.6) is 0 Å². The Morgan fingerprint density at radius 3 is 2.71 bits per heavy atom. The monoisotopic (exact) mass is 319 g/mol. The number of hydrogen-bond acceptors (Lipinski definition) is 3. The maximum Gasteiger partial charge on any atom is 0.0931 e. The van der Waals surface area contributed by atoms with Gasteiger partial charge in [-0.15, -0.1) is 11.3 Å². The van der Waals surface area contributed by atoms with Crippen molar-refractivity contribution in [3.05, 3.63) is 56.7 Å². The van der Waals surface area contributed by atoms with Gasteiger partial charge in [-0.2, -0.15) is 0 Å². The number of benzene rings is 1. The molecular weight excluding hydrogens is 302 g/mol. The van der Waals surface area contributed by atoms with E-state index in [0.717, 1.165) is 23.0 Å². The zero-order valence-electron chi connectivity index (χ0n) is 12.0. The molecule has 1 aromatic carbocycles. The van der Waals surface area contributed by atoms with E-state index in [1.807, 2.05) is 24.3 Å². The van der Waals surface area contributed by atoms with Crippen molar-refractivity contribution in [2.45, 2.75) is 19.5 Å². The third kappa shape index (κ3) is 5.18. The van der Waals surface area contributed by atoms with E-state index in [1.54, 1.807) is 11.3 Å². The van der Waals surface area contributed by atoms with Crippen molar-refractivity contribution in [2.24, 2.45) is 0 Å². The second-order valence-corrected chi connectivity index (χ2v) is 6.61. The molecule has 21 heavy (non-hydrogen) atoms. The van der Waals surface area contributed by atoms with Gasteiger partial charge in [0.2, 0.25) is 0 Å². The van der Waals surface area contributed by atoms with Crippen LogP contribution in [0.15, 0.2) is 36.4 Å². The van der Waals surface area contributed by atoms with Crippen LogP contribution in [0.25, 0.3) is 0 Å². The number of aliphatic hydroxyl groups is 1. The smallest absolute Gasteiger partial charge is 0.0931 e. The molecule has 2 rings (SSSR count). The average molecular weight is 320 g/mol. The van der Waals surface area contributed by atoms with Crippen molar-refractivity contribution in [1.29, 1.82) is 0 Å². The Balaban J connectivity index is 2.03. The van der Waals surface area contributed by atoms with Gasteiger partial charge in [-0.3, -0.25) is 4.90 Å². The molecule has 110 valence electrons. The molecule has 0 saturated carbocycles. The van der Waals surface area contributed by atoms with E-state index in [-0.39, 0.29) is 6.61 Å². The minimum absolute atomic E-state index is 0.105. The summed E-state index contributed by atoms with van der Waals surface area (Å²) < 4.78 is 0.827. The molecule has 0 aliphatic rings. The van der Waals surface area contributed by atoms with Crippen LogP contribution in [0.4, 0.5) is 0 Å². The zero-order chi connectivity index (χ0) is 15.1. The van der Waals surface area contributed by atoms with E-state index in [9.17, 15) is 0 Å². The van der Waals surface area contributed by atoms with E-state index in [0.29, 0.717) is 6.42 Å². The van der Waals surface area contributed by atoms with Gasteiger partial charge in [-0.1, -0.05) is 41.6 Å². The normalized spacial score (nSPS) is 10.5. The Kier molecular flexibility index (Phi) is 6.28. The molecule has 1 aromatic heterocycles. The third-order valence-electron chi connectivity index (χ3n) is 2.97. The summed E-state index contributed by atoms with van der Waals surface area (Å²) in [6.45, 7) is 1.81. The van der Waals surface area contributed by atoms with Crippen molar-refractivity contribution >= 4 is 22.9 Å². The molecule has 1 heterocycles. The van der Waals surface area contributed by atoms with E-state index >= 15 is 0 Å². The summed E-state index contributed by atoms with van der Waals surface area (Å²) in [5.74, 6) is 6.12. The van der Waals surface area contributed by atoms with Gasteiger partial charge < -0.3 is 5.11 Å². The molecule has 2 aromatic rings.